The molecule has 6 aromatic rings. The van der Waals surface area contributed by atoms with Crippen molar-refractivity contribution in [1.82, 2.24) is 0 Å². The topological polar surface area (TPSA) is 0 Å². The molecule has 0 atom stereocenters. The monoisotopic (exact) mass is 1080 g/mol. The Balaban J connectivity index is 0.000000758. The summed E-state index contributed by atoms with van der Waals surface area (Å²) in [5.41, 5.74) is -32.4. The van der Waals surface area contributed by atoms with Crippen molar-refractivity contribution in [3.8, 4) is 0 Å². The summed E-state index contributed by atoms with van der Waals surface area (Å²) in [6.07, 6.45) is -3.57. The Hall–Kier alpha value is -7.08. The summed E-state index contributed by atoms with van der Waals surface area (Å²) in [6, 6.07) is 20.0. The average Bonchev–Trinajstić information content (AvgIpc) is 4.18. The van der Waals surface area contributed by atoms with Crippen LogP contribution in [0.5, 0.6) is 0 Å². The summed E-state index contributed by atoms with van der Waals surface area (Å²) in [7, 11) is 0. The van der Waals surface area contributed by atoms with Crippen molar-refractivity contribution in [3.63, 3.8) is 0 Å². The molecule has 0 fully saturated rings. The van der Waals surface area contributed by atoms with Crippen molar-refractivity contribution in [2.24, 2.45) is 0 Å². The second kappa shape index (κ2) is 20.7. The first-order valence-corrected chi connectivity index (χ1v) is 18.1. The first-order chi connectivity index (χ1) is 32.8. The number of benzene rings is 4. The van der Waals surface area contributed by atoms with Crippen molar-refractivity contribution in [2.45, 2.75) is 0 Å². The first-order valence-electron chi connectivity index (χ1n) is 18.1. The van der Waals surface area contributed by atoms with Gasteiger partial charge in [0.25, 0.3) is 0 Å². The van der Waals surface area contributed by atoms with E-state index in [4.69, 9.17) is 0 Å². The third-order valence-corrected chi connectivity index (χ3v) is 9.66. The van der Waals surface area contributed by atoms with Crippen molar-refractivity contribution in [2.75, 3.05) is 0 Å². The van der Waals surface area contributed by atoms with E-state index in [0.717, 1.165) is 0 Å². The van der Waals surface area contributed by atoms with Crippen LogP contribution in [0.25, 0.3) is 22.3 Å². The van der Waals surface area contributed by atoms with E-state index in [1.165, 1.54) is 0 Å². The Morgan fingerprint density at radius 2 is 0.451 bits per heavy atom. The van der Waals surface area contributed by atoms with Gasteiger partial charge in [-0.25, -0.2) is 121 Å². The fourth-order valence-electron chi connectivity index (χ4n) is 6.64. The van der Waals surface area contributed by atoms with E-state index >= 15 is 43.9 Å². The standard InChI is InChI=1S/C35F25.2C5H5.Fe/c36-11-6(12(37)22(47)31(56)21(11)46)1-2(7-13(38)23(48)32(57)24(49)14(7)39)4(9-17(42)27(52)34(59)28(53)18(9)43)5(10-19(44)29(54)35(60)30(55)20(10)45)3(1)8-15(40)25(50)33(58)26(51)16(8)41;2*1-2-4-5-3-1;/h;2*1-5H;/q3*-1;+3. The van der Waals surface area contributed by atoms with Gasteiger partial charge in [-0.2, -0.15) is 36.4 Å². The molecule has 1 radical (unpaired) electrons. The van der Waals surface area contributed by atoms with Crippen molar-refractivity contribution in [1.29, 1.82) is 0 Å². The molecule has 0 spiro atoms. The third kappa shape index (κ3) is 8.80. The normalized spacial score (nSPS) is 13.8. The Morgan fingerprint density at radius 3 is 0.648 bits per heavy atom. The summed E-state index contributed by atoms with van der Waals surface area (Å²) in [4.78, 5) is 0. The van der Waals surface area contributed by atoms with E-state index in [0.29, 0.717) is 0 Å². The van der Waals surface area contributed by atoms with Crippen LogP contribution in [0.3, 0.4) is 0 Å². The maximum Gasteiger partial charge on any atom is 3.00 e. The Labute approximate surface area is 388 Å². The minimum Gasteiger partial charge on any atom is -0.262 e. The molecule has 26 heteroatoms. The first kappa shape index (κ1) is 54.9. The third-order valence-electron chi connectivity index (χ3n) is 9.66. The molecule has 0 nitrogen and oxygen atoms in total. The molecule has 0 amide bonds. The summed E-state index contributed by atoms with van der Waals surface area (Å²) in [5.74, 6) is -83.6. The van der Waals surface area contributed by atoms with Crippen LogP contribution in [0.1, 0.15) is 22.3 Å². The molecular weight excluding hydrogens is 1070 g/mol. The Kier molecular flexibility index (Phi) is 16.0. The number of hydrogen-bond acceptors (Lipinski definition) is 0. The van der Waals surface area contributed by atoms with E-state index in [9.17, 15) is 65.9 Å². The molecule has 0 aliphatic heterocycles. The molecule has 373 valence electrons. The van der Waals surface area contributed by atoms with Gasteiger partial charge in [0.15, 0.2) is 93.1 Å². The summed E-state index contributed by atoms with van der Waals surface area (Å²) >= 11 is 0. The van der Waals surface area contributed by atoms with Crippen LogP contribution in [0.4, 0.5) is 110 Å². The smallest absolute Gasteiger partial charge is 0.262 e. The molecule has 0 aromatic heterocycles. The molecule has 2 aliphatic rings. The van der Waals surface area contributed by atoms with Crippen LogP contribution >= 0.6 is 0 Å². The van der Waals surface area contributed by atoms with E-state index in [1.54, 1.807) is 0 Å². The van der Waals surface area contributed by atoms with Crippen LogP contribution in [-0.2, 0) is 17.1 Å². The van der Waals surface area contributed by atoms with Gasteiger partial charge < -0.3 is 0 Å². The molecule has 2 aliphatic carbocycles. The van der Waals surface area contributed by atoms with Crippen LogP contribution < -0.4 is 0 Å². The van der Waals surface area contributed by atoms with Crippen LogP contribution in [0.15, 0.2) is 95.1 Å². The van der Waals surface area contributed by atoms with Crippen molar-refractivity contribution >= 4 is 22.3 Å². The minimum atomic E-state index is -3.57. The molecule has 0 unspecified atom stereocenters. The zero-order valence-electron chi connectivity index (χ0n) is 33.1. The fraction of sp³-hybridized carbons (Fsp3) is 0. The largest absolute Gasteiger partial charge is 3.00 e. The maximum absolute atomic E-state index is 15.8. The van der Waals surface area contributed by atoms with Gasteiger partial charge in [-0.1, -0.05) is 11.1 Å². The van der Waals surface area contributed by atoms with Gasteiger partial charge in [0.05, 0.1) is 34.3 Å². The number of allylic oxidation sites excluding steroid dienone is 10. The molecule has 0 bridgehead atoms. The van der Waals surface area contributed by atoms with Gasteiger partial charge in [0, 0.05) is 0 Å². The van der Waals surface area contributed by atoms with Gasteiger partial charge in [0.1, 0.15) is 17.5 Å². The summed E-state index contributed by atoms with van der Waals surface area (Å²) in [5, 5.41) is 0. The van der Waals surface area contributed by atoms with E-state index in [2.05, 4.69) is 0 Å². The summed E-state index contributed by atoms with van der Waals surface area (Å²) in [6.45, 7) is 0. The molecule has 0 saturated carbocycles. The predicted molar refractivity (Wildman–Crippen MR) is 192 cm³/mol. The zero-order valence-corrected chi connectivity index (χ0v) is 34.2. The van der Waals surface area contributed by atoms with Gasteiger partial charge >= 0.3 is 17.1 Å². The maximum atomic E-state index is 15.8. The van der Waals surface area contributed by atoms with Crippen molar-refractivity contribution < 1.29 is 127 Å². The average molecular weight is 1080 g/mol. The van der Waals surface area contributed by atoms with Crippen LogP contribution in [-0.4, -0.2) is 0 Å². The van der Waals surface area contributed by atoms with Crippen molar-refractivity contribution in [3.05, 3.63) is 240 Å². The molecule has 0 heterocycles. The van der Waals surface area contributed by atoms with Crippen LogP contribution in [0.2, 0.25) is 0 Å². The van der Waals surface area contributed by atoms with E-state index in [1.807, 2.05) is 60.7 Å². The second-order valence-electron chi connectivity index (χ2n) is 13.5. The number of rotatable bonds is 4. The zero-order chi connectivity index (χ0) is 52.3. The van der Waals surface area contributed by atoms with Gasteiger partial charge in [-0.3, -0.25) is 13.2 Å². The molecular formula is C45H10F25Fe. The number of hydrogen-bond donors (Lipinski definition) is 0. The molecule has 0 N–H and O–H groups in total. The SMILES string of the molecule is FC1=C(F)C(=C2C(c3c(F)c(F)c(F)c(F)c3F)=C(c3c(F)c(F)c(F)c(F)c3F)C(c3c(F)c(F)c(F)c(F)c3F)=C2c2c(F)c(F)c(F)c(F)c2F)[C-](F)C(F)=C1F.[Fe+3].c1cc[cH-]c1.c1cc[cH-]c1. The molecule has 8 rings (SSSR count). The second-order valence-corrected chi connectivity index (χ2v) is 13.5. The van der Waals surface area contributed by atoms with Gasteiger partial charge in [-0.05, 0) is 22.3 Å². The van der Waals surface area contributed by atoms with E-state index in [-0.39, 0.29) is 17.1 Å². The van der Waals surface area contributed by atoms with E-state index < -0.39 is 202 Å². The summed E-state index contributed by atoms with van der Waals surface area (Å²) < 4.78 is 378. The fourth-order valence-corrected chi connectivity index (χ4v) is 6.64. The number of halogens is 25. The van der Waals surface area contributed by atoms with Crippen LogP contribution in [0, 0.1) is 123 Å². The molecule has 0 saturated heterocycles. The van der Waals surface area contributed by atoms with Gasteiger partial charge in [-0.15, -0.1) is 0 Å². The minimum absolute atomic E-state index is 0. The molecule has 6 aromatic carbocycles. The molecule has 71 heavy (non-hydrogen) atoms. The predicted octanol–water partition coefficient (Wildman–Crippen LogP) is 15.9. The van der Waals surface area contributed by atoms with Gasteiger partial charge in [0.2, 0.25) is 23.3 Å². The quantitative estimate of drug-likeness (QED) is 0.0543. The Morgan fingerprint density at radius 1 is 0.254 bits per heavy atom. The Bertz CT molecular complexity index is 2960.